The number of aryl methyl sites for hydroxylation is 1. The summed E-state index contributed by atoms with van der Waals surface area (Å²) in [7, 11) is 0. The molecule has 2 aliphatic carbocycles. The van der Waals surface area contributed by atoms with Crippen LogP contribution < -0.4 is 0 Å². The molecule has 0 aromatic carbocycles. The van der Waals surface area contributed by atoms with Gasteiger partial charge in [0.2, 0.25) is 0 Å². The van der Waals surface area contributed by atoms with Gasteiger partial charge < -0.3 is 5.11 Å². The SMILES string of the molecule is CCc1nc(Cc2nnn(C3(C(=O)O)CCC4(CCC4)C3)n2)cs1. The Hall–Kier alpha value is -1.83. The molecule has 1 N–H and O–H groups in total. The second-order valence-electron chi connectivity index (χ2n) is 7.13. The summed E-state index contributed by atoms with van der Waals surface area (Å²) < 4.78 is 0. The van der Waals surface area contributed by atoms with Gasteiger partial charge in [0.25, 0.3) is 0 Å². The van der Waals surface area contributed by atoms with Crippen LogP contribution in [0.3, 0.4) is 0 Å². The van der Waals surface area contributed by atoms with E-state index in [1.807, 2.05) is 5.38 Å². The predicted molar refractivity (Wildman–Crippen MR) is 87.9 cm³/mol. The molecule has 0 aliphatic heterocycles. The van der Waals surface area contributed by atoms with Crippen molar-refractivity contribution in [3.63, 3.8) is 0 Å². The summed E-state index contributed by atoms with van der Waals surface area (Å²) in [6, 6.07) is 0. The highest BCUT2D eigenvalue weighted by molar-refractivity contribution is 7.09. The minimum atomic E-state index is -1.03. The predicted octanol–water partition coefficient (Wildman–Crippen LogP) is 2.42. The maximum atomic E-state index is 12.0. The molecule has 128 valence electrons. The molecule has 2 aliphatic rings. The Morgan fingerprint density at radius 1 is 1.38 bits per heavy atom. The summed E-state index contributed by atoms with van der Waals surface area (Å²) >= 11 is 1.63. The lowest BCUT2D eigenvalue weighted by Gasteiger charge is -2.39. The van der Waals surface area contributed by atoms with Crippen molar-refractivity contribution >= 4 is 17.3 Å². The summed E-state index contributed by atoms with van der Waals surface area (Å²) in [5.74, 6) is -0.296. The van der Waals surface area contributed by atoms with Crippen LogP contribution in [0.25, 0.3) is 0 Å². The van der Waals surface area contributed by atoms with E-state index in [2.05, 4.69) is 27.3 Å². The van der Waals surface area contributed by atoms with Crippen molar-refractivity contribution in [2.45, 2.75) is 63.8 Å². The number of carbonyl (C=O) groups is 1. The van der Waals surface area contributed by atoms with Crippen LogP contribution in [0.5, 0.6) is 0 Å². The number of hydrogen-bond acceptors (Lipinski definition) is 6. The molecule has 2 fully saturated rings. The van der Waals surface area contributed by atoms with Gasteiger partial charge in [-0.05, 0) is 49.2 Å². The molecule has 1 spiro atoms. The Morgan fingerprint density at radius 3 is 2.79 bits per heavy atom. The summed E-state index contributed by atoms with van der Waals surface area (Å²) in [6.07, 6.45) is 7.03. The molecule has 2 saturated carbocycles. The minimum Gasteiger partial charge on any atom is -0.479 e. The Labute approximate surface area is 144 Å². The van der Waals surface area contributed by atoms with Crippen molar-refractivity contribution in [2.24, 2.45) is 5.41 Å². The van der Waals surface area contributed by atoms with Crippen LogP contribution in [0.15, 0.2) is 5.38 Å². The summed E-state index contributed by atoms with van der Waals surface area (Å²) in [4.78, 5) is 17.9. The molecule has 8 heteroatoms. The van der Waals surface area contributed by atoms with E-state index in [-0.39, 0.29) is 5.41 Å². The fourth-order valence-electron chi connectivity index (χ4n) is 4.06. The zero-order valence-electron chi connectivity index (χ0n) is 13.7. The van der Waals surface area contributed by atoms with Crippen molar-refractivity contribution < 1.29 is 9.90 Å². The maximum Gasteiger partial charge on any atom is 0.333 e. The average Bonchev–Trinajstić information content (AvgIpc) is 3.24. The second-order valence-corrected chi connectivity index (χ2v) is 8.07. The molecule has 0 radical (unpaired) electrons. The zero-order chi connectivity index (χ0) is 16.8. The highest BCUT2D eigenvalue weighted by Crippen LogP contribution is 2.58. The van der Waals surface area contributed by atoms with Gasteiger partial charge in [0.1, 0.15) is 0 Å². The highest BCUT2D eigenvalue weighted by atomic mass is 32.1. The van der Waals surface area contributed by atoms with Crippen molar-refractivity contribution in [1.82, 2.24) is 25.2 Å². The van der Waals surface area contributed by atoms with Gasteiger partial charge in [0.15, 0.2) is 11.4 Å². The fourth-order valence-corrected chi connectivity index (χ4v) is 4.81. The van der Waals surface area contributed by atoms with Gasteiger partial charge in [-0.1, -0.05) is 13.3 Å². The van der Waals surface area contributed by atoms with Gasteiger partial charge in [0.05, 0.1) is 17.1 Å². The largest absolute Gasteiger partial charge is 0.479 e. The third kappa shape index (κ3) is 2.44. The standard InChI is InChI=1S/C16H21N5O2S/c1-2-13-17-11(9-24-13)8-12-18-20-21(19-12)16(14(22)23)7-6-15(10-16)4-3-5-15/h9H,2-8,10H2,1H3,(H,22,23). The molecule has 4 rings (SSSR count). The molecule has 0 saturated heterocycles. The number of thiazole rings is 1. The lowest BCUT2D eigenvalue weighted by atomic mass is 9.67. The number of rotatable bonds is 5. The third-order valence-corrected chi connectivity index (χ3v) is 6.67. The Morgan fingerprint density at radius 2 is 2.21 bits per heavy atom. The lowest BCUT2D eigenvalue weighted by molar-refractivity contribution is -0.149. The lowest BCUT2D eigenvalue weighted by Crippen LogP contribution is -2.43. The molecule has 2 heterocycles. The molecule has 0 bridgehead atoms. The average molecular weight is 347 g/mol. The van der Waals surface area contributed by atoms with E-state index in [0.29, 0.717) is 25.1 Å². The number of carboxylic acid groups (broad SMARTS) is 1. The van der Waals surface area contributed by atoms with Crippen LogP contribution in [-0.2, 0) is 23.2 Å². The molecular formula is C16H21N5O2S. The molecular weight excluding hydrogens is 326 g/mol. The third-order valence-electron chi connectivity index (χ3n) is 5.63. The van der Waals surface area contributed by atoms with Gasteiger partial charge >= 0.3 is 5.97 Å². The summed E-state index contributed by atoms with van der Waals surface area (Å²) in [5.41, 5.74) is 0.0852. The smallest absolute Gasteiger partial charge is 0.333 e. The van der Waals surface area contributed by atoms with E-state index in [9.17, 15) is 9.90 Å². The monoisotopic (exact) mass is 347 g/mol. The maximum absolute atomic E-state index is 12.0. The number of aromatic nitrogens is 5. The van der Waals surface area contributed by atoms with Crippen molar-refractivity contribution in [1.29, 1.82) is 0 Å². The highest BCUT2D eigenvalue weighted by Gasteiger charge is 2.57. The van der Waals surface area contributed by atoms with Crippen molar-refractivity contribution in [2.75, 3.05) is 0 Å². The quantitative estimate of drug-likeness (QED) is 0.893. The Bertz CT molecular complexity index is 766. The van der Waals surface area contributed by atoms with Gasteiger partial charge in [-0.2, -0.15) is 0 Å². The van der Waals surface area contributed by atoms with Crippen LogP contribution in [0.2, 0.25) is 0 Å². The second kappa shape index (κ2) is 5.61. The Balaban J connectivity index is 1.57. The van der Waals surface area contributed by atoms with Crippen molar-refractivity contribution in [3.05, 3.63) is 21.9 Å². The van der Waals surface area contributed by atoms with Crippen LogP contribution in [0.1, 0.15) is 62.0 Å². The topological polar surface area (TPSA) is 93.8 Å². The number of nitrogens with zero attached hydrogens (tertiary/aromatic N) is 5. The normalized spacial score (nSPS) is 25.0. The first-order valence-corrected chi connectivity index (χ1v) is 9.39. The molecule has 7 nitrogen and oxygen atoms in total. The molecule has 1 atom stereocenters. The number of carboxylic acids is 1. The molecule has 0 amide bonds. The number of tetrazole rings is 1. The van der Waals surface area contributed by atoms with Crippen LogP contribution in [0.4, 0.5) is 0 Å². The number of hydrogen-bond donors (Lipinski definition) is 1. The van der Waals surface area contributed by atoms with Gasteiger partial charge in [-0.3, -0.25) is 0 Å². The zero-order valence-corrected chi connectivity index (χ0v) is 14.6. The van der Waals surface area contributed by atoms with Gasteiger partial charge in [-0.15, -0.1) is 26.3 Å². The summed E-state index contributed by atoms with van der Waals surface area (Å²) in [6.45, 7) is 2.07. The van der Waals surface area contributed by atoms with Gasteiger partial charge in [-0.25, -0.2) is 9.78 Å². The fraction of sp³-hybridized carbons (Fsp3) is 0.688. The molecule has 1 unspecified atom stereocenters. The van der Waals surface area contributed by atoms with Crippen LogP contribution in [0, 0.1) is 5.41 Å². The minimum absolute atomic E-state index is 0.192. The molecule has 2 aromatic heterocycles. The van der Waals surface area contributed by atoms with Crippen LogP contribution in [-0.4, -0.2) is 36.3 Å². The first kappa shape index (κ1) is 15.7. The van der Waals surface area contributed by atoms with E-state index < -0.39 is 11.5 Å². The Kier molecular flexibility index (Phi) is 3.67. The first-order chi connectivity index (χ1) is 11.6. The van der Waals surface area contributed by atoms with E-state index in [4.69, 9.17) is 0 Å². The number of aliphatic carboxylic acids is 1. The summed E-state index contributed by atoms with van der Waals surface area (Å²) in [5, 5.41) is 25.6. The molecule has 24 heavy (non-hydrogen) atoms. The van der Waals surface area contributed by atoms with Gasteiger partial charge in [0, 0.05) is 5.38 Å². The van der Waals surface area contributed by atoms with Crippen molar-refractivity contribution in [3.8, 4) is 0 Å². The van der Waals surface area contributed by atoms with E-state index in [1.54, 1.807) is 11.3 Å². The van der Waals surface area contributed by atoms with E-state index >= 15 is 0 Å². The van der Waals surface area contributed by atoms with E-state index in [1.165, 1.54) is 11.2 Å². The molecule has 2 aromatic rings. The first-order valence-electron chi connectivity index (χ1n) is 8.51. The van der Waals surface area contributed by atoms with E-state index in [0.717, 1.165) is 36.4 Å². The van der Waals surface area contributed by atoms with Crippen LogP contribution >= 0.6 is 11.3 Å².